The molecule has 0 spiro atoms. The van der Waals surface area contributed by atoms with Gasteiger partial charge in [0.25, 0.3) is 0 Å². The molecule has 0 amide bonds. The van der Waals surface area contributed by atoms with E-state index in [-0.39, 0.29) is 12.0 Å². The van der Waals surface area contributed by atoms with Gasteiger partial charge in [0.1, 0.15) is 11.5 Å². The second-order valence-corrected chi connectivity index (χ2v) is 2.69. The average Bonchev–Trinajstić information content (AvgIpc) is 2.17. The van der Waals surface area contributed by atoms with Crippen LogP contribution in [0.4, 0.5) is 0 Å². The summed E-state index contributed by atoms with van der Waals surface area (Å²) < 4.78 is 10.5. The number of phenolic OH excluding ortho intramolecular Hbond substituents is 1. The van der Waals surface area contributed by atoms with E-state index in [9.17, 15) is 0 Å². The van der Waals surface area contributed by atoms with Crippen molar-refractivity contribution in [2.75, 3.05) is 7.11 Å². The van der Waals surface area contributed by atoms with E-state index >= 15 is 0 Å². The molecule has 3 nitrogen and oxygen atoms in total. The van der Waals surface area contributed by atoms with Crippen molar-refractivity contribution in [2.45, 2.75) is 19.6 Å². The Morgan fingerprint density at radius 1 is 1.31 bits per heavy atom. The fraction of sp³-hybridized carbons (Fsp3) is 0.400. The summed E-state index contributed by atoms with van der Waals surface area (Å²) >= 11 is 0. The van der Waals surface area contributed by atoms with Crippen LogP contribution in [0.25, 0.3) is 0 Å². The molecule has 1 aromatic carbocycles. The highest BCUT2D eigenvalue weighted by Gasteiger charge is 2.04. The molecule has 1 N–H and O–H groups in total. The van der Waals surface area contributed by atoms with Crippen molar-refractivity contribution < 1.29 is 14.6 Å². The lowest BCUT2D eigenvalue weighted by Gasteiger charge is -2.15. The Balaban J connectivity index is 2.58. The van der Waals surface area contributed by atoms with Crippen LogP contribution in [0.15, 0.2) is 24.3 Å². The zero-order valence-corrected chi connectivity index (χ0v) is 7.86. The summed E-state index contributed by atoms with van der Waals surface area (Å²) in [7, 11) is 1.61. The Hall–Kier alpha value is -1.22. The van der Waals surface area contributed by atoms with Crippen LogP contribution in [-0.2, 0) is 4.74 Å². The van der Waals surface area contributed by atoms with Gasteiger partial charge in [-0.1, -0.05) is 6.92 Å². The summed E-state index contributed by atoms with van der Waals surface area (Å²) in [4.78, 5) is 0. The Kier molecular flexibility index (Phi) is 3.58. The summed E-state index contributed by atoms with van der Waals surface area (Å²) in [5.74, 6) is 0.935. The van der Waals surface area contributed by atoms with Crippen LogP contribution < -0.4 is 4.74 Å². The number of hydrogen-bond acceptors (Lipinski definition) is 3. The van der Waals surface area contributed by atoms with Crippen molar-refractivity contribution in [2.24, 2.45) is 0 Å². The van der Waals surface area contributed by atoms with E-state index in [1.807, 2.05) is 6.92 Å². The fourth-order valence-electron chi connectivity index (χ4n) is 0.975. The van der Waals surface area contributed by atoms with Crippen molar-refractivity contribution >= 4 is 0 Å². The highest BCUT2D eigenvalue weighted by Crippen LogP contribution is 2.17. The van der Waals surface area contributed by atoms with Crippen LogP contribution in [0.3, 0.4) is 0 Å². The average molecular weight is 182 g/mol. The van der Waals surface area contributed by atoms with Crippen LogP contribution in [-0.4, -0.2) is 18.5 Å². The number of hydrogen-bond donors (Lipinski definition) is 1. The molecule has 0 heterocycles. The Bertz CT molecular complexity index is 239. The molecule has 3 heteroatoms. The van der Waals surface area contributed by atoms with Crippen LogP contribution in [0.2, 0.25) is 0 Å². The maximum absolute atomic E-state index is 9.02. The molecule has 0 aromatic heterocycles. The van der Waals surface area contributed by atoms with E-state index < -0.39 is 0 Å². The standard InChI is InChI=1S/C10H14O3/c1-3-10(12-2)13-9-6-4-8(11)5-7-9/h4-7,10-11H,3H2,1-2H3/t10-/m0/s1. The van der Waals surface area contributed by atoms with E-state index in [0.29, 0.717) is 5.75 Å². The molecular formula is C10H14O3. The van der Waals surface area contributed by atoms with Gasteiger partial charge in [-0.25, -0.2) is 0 Å². The van der Waals surface area contributed by atoms with Gasteiger partial charge in [0.15, 0.2) is 6.29 Å². The molecule has 1 aromatic rings. The second-order valence-electron chi connectivity index (χ2n) is 2.69. The molecule has 1 atom stereocenters. The lowest BCUT2D eigenvalue weighted by Crippen LogP contribution is -2.17. The minimum absolute atomic E-state index is 0.218. The molecule has 0 aliphatic heterocycles. The summed E-state index contributed by atoms with van der Waals surface area (Å²) in [6.45, 7) is 1.98. The number of phenols is 1. The first-order valence-corrected chi connectivity index (χ1v) is 4.24. The highest BCUT2D eigenvalue weighted by atomic mass is 16.7. The largest absolute Gasteiger partial charge is 0.508 e. The van der Waals surface area contributed by atoms with E-state index in [1.54, 1.807) is 31.4 Å². The zero-order valence-electron chi connectivity index (χ0n) is 7.86. The van der Waals surface area contributed by atoms with E-state index in [2.05, 4.69) is 0 Å². The molecule has 0 bridgehead atoms. The van der Waals surface area contributed by atoms with Gasteiger partial charge in [-0.05, 0) is 24.3 Å². The molecule has 1 rings (SSSR count). The third kappa shape index (κ3) is 2.95. The molecule has 0 radical (unpaired) electrons. The van der Waals surface area contributed by atoms with Gasteiger partial charge in [0.05, 0.1) is 0 Å². The van der Waals surface area contributed by atoms with Crippen molar-refractivity contribution in [1.29, 1.82) is 0 Å². The summed E-state index contributed by atoms with van der Waals surface area (Å²) in [6, 6.07) is 6.57. The van der Waals surface area contributed by atoms with Crippen molar-refractivity contribution in [3.8, 4) is 11.5 Å². The van der Waals surface area contributed by atoms with E-state index in [4.69, 9.17) is 14.6 Å². The van der Waals surface area contributed by atoms with E-state index in [0.717, 1.165) is 6.42 Å². The maximum Gasteiger partial charge on any atom is 0.199 e. The van der Waals surface area contributed by atoms with Crippen LogP contribution in [0, 0.1) is 0 Å². The SMILES string of the molecule is CC[C@@H](OC)Oc1ccc(O)cc1. The zero-order chi connectivity index (χ0) is 9.68. The predicted octanol–water partition coefficient (Wildman–Crippen LogP) is 2.15. The van der Waals surface area contributed by atoms with Crippen molar-refractivity contribution in [3.05, 3.63) is 24.3 Å². The van der Waals surface area contributed by atoms with Gasteiger partial charge >= 0.3 is 0 Å². The molecule has 0 fully saturated rings. The number of methoxy groups -OCH3 is 1. The minimum Gasteiger partial charge on any atom is -0.508 e. The first-order valence-electron chi connectivity index (χ1n) is 4.24. The van der Waals surface area contributed by atoms with Crippen LogP contribution in [0.5, 0.6) is 11.5 Å². The number of benzene rings is 1. The molecule has 0 saturated heterocycles. The lowest BCUT2D eigenvalue weighted by atomic mass is 10.3. The molecule has 0 saturated carbocycles. The number of rotatable bonds is 4. The smallest absolute Gasteiger partial charge is 0.199 e. The first-order chi connectivity index (χ1) is 6.26. The molecule has 72 valence electrons. The van der Waals surface area contributed by atoms with Gasteiger partial charge in [-0.2, -0.15) is 0 Å². The quantitative estimate of drug-likeness (QED) is 0.725. The Morgan fingerprint density at radius 3 is 2.38 bits per heavy atom. The maximum atomic E-state index is 9.02. The predicted molar refractivity (Wildman–Crippen MR) is 49.8 cm³/mol. The Labute approximate surface area is 77.9 Å². The van der Waals surface area contributed by atoms with Crippen LogP contribution in [0.1, 0.15) is 13.3 Å². The van der Waals surface area contributed by atoms with Crippen LogP contribution >= 0.6 is 0 Å². The minimum atomic E-state index is -0.218. The third-order valence-corrected chi connectivity index (χ3v) is 1.70. The van der Waals surface area contributed by atoms with Gasteiger partial charge < -0.3 is 14.6 Å². The highest BCUT2D eigenvalue weighted by molar-refractivity contribution is 5.30. The van der Waals surface area contributed by atoms with Crippen molar-refractivity contribution in [3.63, 3.8) is 0 Å². The lowest BCUT2D eigenvalue weighted by molar-refractivity contribution is -0.0548. The van der Waals surface area contributed by atoms with E-state index in [1.165, 1.54) is 0 Å². The summed E-state index contributed by atoms with van der Waals surface area (Å²) in [5, 5.41) is 9.02. The van der Waals surface area contributed by atoms with Gasteiger partial charge in [0, 0.05) is 13.5 Å². The molecule has 0 aliphatic rings. The molecule has 13 heavy (non-hydrogen) atoms. The number of ether oxygens (including phenoxy) is 2. The summed E-state index contributed by atoms with van der Waals surface area (Å²) in [5.41, 5.74) is 0. The summed E-state index contributed by atoms with van der Waals surface area (Å²) in [6.07, 6.45) is 0.571. The van der Waals surface area contributed by atoms with Gasteiger partial charge in [0.2, 0.25) is 0 Å². The number of aromatic hydroxyl groups is 1. The van der Waals surface area contributed by atoms with Crippen molar-refractivity contribution in [1.82, 2.24) is 0 Å². The second kappa shape index (κ2) is 4.72. The third-order valence-electron chi connectivity index (χ3n) is 1.70. The molecular weight excluding hydrogens is 168 g/mol. The molecule has 0 unspecified atom stereocenters. The fourth-order valence-corrected chi connectivity index (χ4v) is 0.975. The monoisotopic (exact) mass is 182 g/mol. The topological polar surface area (TPSA) is 38.7 Å². The first kappa shape index (κ1) is 9.86. The molecule has 0 aliphatic carbocycles. The van der Waals surface area contributed by atoms with Gasteiger partial charge in [-0.15, -0.1) is 0 Å². The van der Waals surface area contributed by atoms with Gasteiger partial charge in [-0.3, -0.25) is 0 Å². The normalized spacial score (nSPS) is 12.5. The Morgan fingerprint density at radius 2 is 1.92 bits per heavy atom.